The van der Waals surface area contributed by atoms with Crippen LogP contribution in [-0.4, -0.2) is 32.0 Å². The van der Waals surface area contributed by atoms with E-state index in [4.69, 9.17) is 0 Å². The van der Waals surface area contributed by atoms with Gasteiger partial charge in [-0.2, -0.15) is 0 Å². The molecule has 3 aromatic heterocycles. The van der Waals surface area contributed by atoms with Crippen molar-refractivity contribution in [1.29, 1.82) is 0 Å². The third-order valence-electron chi connectivity index (χ3n) is 3.49. The molecule has 1 aromatic carbocycles. The molecule has 0 amide bonds. The summed E-state index contributed by atoms with van der Waals surface area (Å²) in [4.78, 5) is 4.24. The zero-order valence-electron chi connectivity index (χ0n) is 11.7. The van der Waals surface area contributed by atoms with Crippen molar-refractivity contribution in [2.24, 2.45) is 0 Å². The fraction of sp³-hybridized carbons (Fsp3) is 0.0714. The monoisotopic (exact) mass is 391 g/mol. The molecule has 0 N–H and O–H groups in total. The van der Waals surface area contributed by atoms with E-state index in [-0.39, 0.29) is 5.75 Å². The van der Waals surface area contributed by atoms with Gasteiger partial charge in [0, 0.05) is 6.20 Å². The van der Waals surface area contributed by atoms with Crippen molar-refractivity contribution >= 4 is 42.8 Å². The Hall–Kier alpha value is -2.26. The zero-order valence-corrected chi connectivity index (χ0v) is 14.1. The van der Waals surface area contributed by atoms with E-state index >= 15 is 0 Å². The Kier molecular flexibility index (Phi) is 3.20. The largest absolute Gasteiger partial charge is 0.276 e. The fourth-order valence-electron chi connectivity index (χ4n) is 2.47. The Morgan fingerprint density at radius 3 is 2.74 bits per heavy atom. The van der Waals surface area contributed by atoms with Gasteiger partial charge in [-0.15, -0.1) is 10.2 Å². The van der Waals surface area contributed by atoms with Crippen LogP contribution in [0.25, 0.3) is 16.8 Å². The second kappa shape index (κ2) is 5.14. The number of hydrogen-bond acceptors (Lipinski definition) is 5. The van der Waals surface area contributed by atoms with E-state index in [2.05, 4.69) is 31.1 Å². The molecule has 0 aliphatic rings. The summed E-state index contributed by atoms with van der Waals surface area (Å²) in [7, 11) is -3.60. The van der Waals surface area contributed by atoms with Gasteiger partial charge in [-0.05, 0) is 21.5 Å². The average Bonchev–Trinajstić information content (AvgIpc) is 3.12. The molecule has 7 nitrogen and oxygen atoms in total. The molecule has 0 fully saturated rings. The average molecular weight is 392 g/mol. The van der Waals surface area contributed by atoms with Crippen molar-refractivity contribution in [3.63, 3.8) is 0 Å². The number of fused-ring (bicyclic) bond motifs is 3. The summed E-state index contributed by atoms with van der Waals surface area (Å²) < 4.78 is 29.0. The highest BCUT2D eigenvalue weighted by Gasteiger charge is 2.21. The summed E-state index contributed by atoms with van der Waals surface area (Å²) in [6.45, 7) is 0. The minimum atomic E-state index is -3.60. The highest BCUT2D eigenvalue weighted by atomic mass is 79.9. The van der Waals surface area contributed by atoms with Gasteiger partial charge < -0.3 is 0 Å². The van der Waals surface area contributed by atoms with Crippen LogP contribution in [-0.2, 0) is 15.8 Å². The van der Waals surface area contributed by atoms with Gasteiger partial charge in [0.25, 0.3) is 0 Å². The van der Waals surface area contributed by atoms with Crippen LogP contribution in [0.1, 0.15) is 5.56 Å². The third kappa shape index (κ3) is 2.32. The summed E-state index contributed by atoms with van der Waals surface area (Å²) in [5, 5.41) is 7.75. The predicted molar refractivity (Wildman–Crippen MR) is 88.4 cm³/mol. The molecule has 0 spiro atoms. The molecule has 4 aromatic rings. The van der Waals surface area contributed by atoms with Gasteiger partial charge in [-0.1, -0.05) is 30.3 Å². The van der Waals surface area contributed by atoms with Crippen molar-refractivity contribution < 1.29 is 8.42 Å². The Bertz CT molecular complexity index is 1120. The van der Waals surface area contributed by atoms with Crippen molar-refractivity contribution in [3.05, 3.63) is 59.1 Å². The van der Waals surface area contributed by atoms with Crippen LogP contribution < -0.4 is 0 Å². The first-order valence-electron chi connectivity index (χ1n) is 6.69. The smallest absolute Gasteiger partial charge is 0.244 e. The number of rotatable bonds is 3. The molecule has 0 aliphatic heterocycles. The van der Waals surface area contributed by atoms with Crippen molar-refractivity contribution in [2.45, 2.75) is 5.75 Å². The number of halogens is 1. The molecule has 0 saturated heterocycles. The van der Waals surface area contributed by atoms with Gasteiger partial charge >= 0.3 is 0 Å². The van der Waals surface area contributed by atoms with Crippen LogP contribution in [0.5, 0.6) is 0 Å². The molecule has 0 bridgehead atoms. The first-order valence-corrected chi connectivity index (χ1v) is 9.09. The van der Waals surface area contributed by atoms with E-state index in [0.717, 1.165) is 5.56 Å². The molecule has 4 rings (SSSR count). The van der Waals surface area contributed by atoms with Gasteiger partial charge in [-0.3, -0.25) is 4.40 Å². The lowest BCUT2D eigenvalue weighted by molar-refractivity contribution is 0.588. The molecule has 3 heterocycles. The maximum Gasteiger partial charge on any atom is 0.244 e. The van der Waals surface area contributed by atoms with Gasteiger partial charge in [0.05, 0.1) is 16.4 Å². The highest BCUT2D eigenvalue weighted by molar-refractivity contribution is 9.10. The molecular weight excluding hydrogens is 382 g/mol. The van der Waals surface area contributed by atoms with Crippen LogP contribution in [0.4, 0.5) is 0 Å². The Balaban J connectivity index is 1.92. The minimum Gasteiger partial charge on any atom is -0.276 e. The predicted octanol–water partition coefficient (Wildman–Crippen LogP) is 2.22. The van der Waals surface area contributed by atoms with E-state index in [1.54, 1.807) is 16.5 Å². The first-order chi connectivity index (χ1) is 11.1. The molecule has 23 heavy (non-hydrogen) atoms. The summed E-state index contributed by atoms with van der Waals surface area (Å²) >= 11 is 3.40. The second-order valence-corrected chi connectivity index (χ2v) is 7.70. The van der Waals surface area contributed by atoms with Gasteiger partial charge in [0.2, 0.25) is 10.0 Å². The van der Waals surface area contributed by atoms with E-state index in [9.17, 15) is 8.42 Å². The van der Waals surface area contributed by atoms with Crippen molar-refractivity contribution in [1.82, 2.24) is 23.6 Å². The lowest BCUT2D eigenvalue weighted by atomic mass is 10.2. The number of aromatic nitrogens is 5. The van der Waals surface area contributed by atoms with Crippen LogP contribution in [0.3, 0.4) is 0 Å². The lowest BCUT2D eigenvalue weighted by Crippen LogP contribution is -2.14. The Labute approximate surface area is 139 Å². The van der Waals surface area contributed by atoms with Crippen LogP contribution in [0, 0.1) is 0 Å². The van der Waals surface area contributed by atoms with E-state index < -0.39 is 10.0 Å². The summed E-state index contributed by atoms with van der Waals surface area (Å²) in [6.07, 6.45) is 4.53. The lowest BCUT2D eigenvalue weighted by Gasteiger charge is -2.07. The molecule has 0 aliphatic carbocycles. The normalized spacial score (nSPS) is 12.2. The quantitative estimate of drug-likeness (QED) is 0.534. The minimum absolute atomic E-state index is 0.105. The molecule has 0 radical (unpaired) electrons. The molecular formula is C14H10BrN5O2S. The van der Waals surface area contributed by atoms with Crippen molar-refractivity contribution in [2.75, 3.05) is 0 Å². The number of hydrogen-bond donors (Lipinski definition) is 0. The number of benzene rings is 1. The highest BCUT2D eigenvalue weighted by Crippen LogP contribution is 2.27. The van der Waals surface area contributed by atoms with Crippen LogP contribution in [0.2, 0.25) is 0 Å². The molecule has 0 saturated carbocycles. The summed E-state index contributed by atoms with van der Waals surface area (Å²) in [5.41, 5.74) is 2.22. The fourth-order valence-corrected chi connectivity index (χ4v) is 4.59. The standard InChI is InChI=1S/C14H10BrN5O2S/c15-11-7-20(23(21,22)8-10-4-2-1-3-5-10)14-13(11)19-9-17-18-12(19)6-16-14/h1-7,9H,8H2. The maximum atomic E-state index is 12.8. The number of nitrogens with zero attached hydrogens (tertiary/aromatic N) is 5. The van der Waals surface area contributed by atoms with Gasteiger partial charge in [-0.25, -0.2) is 17.4 Å². The third-order valence-corrected chi connectivity index (χ3v) is 5.64. The topological polar surface area (TPSA) is 82.1 Å². The van der Waals surface area contributed by atoms with Crippen molar-refractivity contribution in [3.8, 4) is 0 Å². The second-order valence-electron chi connectivity index (χ2n) is 5.00. The zero-order chi connectivity index (χ0) is 16.0. The SMILES string of the molecule is O=S(=O)(Cc1ccccc1)n1cc(Br)c2c1ncc1nncn12. The van der Waals surface area contributed by atoms with E-state index in [0.29, 0.717) is 21.3 Å². The Morgan fingerprint density at radius 2 is 1.96 bits per heavy atom. The summed E-state index contributed by atoms with van der Waals surface area (Å²) in [6, 6.07) is 9.04. The Morgan fingerprint density at radius 1 is 1.17 bits per heavy atom. The van der Waals surface area contributed by atoms with Crippen LogP contribution >= 0.6 is 15.9 Å². The van der Waals surface area contributed by atoms with Gasteiger partial charge in [0.1, 0.15) is 11.8 Å². The van der Waals surface area contributed by atoms with Gasteiger partial charge in [0.15, 0.2) is 11.3 Å². The maximum absolute atomic E-state index is 12.8. The van der Waals surface area contributed by atoms with Crippen LogP contribution in [0.15, 0.2) is 53.5 Å². The molecule has 0 atom stereocenters. The molecule has 116 valence electrons. The summed E-state index contributed by atoms with van der Waals surface area (Å²) in [5.74, 6) is -0.105. The van der Waals surface area contributed by atoms with E-state index in [1.807, 2.05) is 18.2 Å². The molecule has 9 heteroatoms. The van der Waals surface area contributed by atoms with E-state index in [1.165, 1.54) is 22.7 Å². The molecule has 0 unspecified atom stereocenters. The first kappa shape index (κ1) is 14.3.